The summed E-state index contributed by atoms with van der Waals surface area (Å²) in [6, 6.07) is 27.5. The standard InChI is InChI=1S/C25H30N2O2S2/c1-26(2)18-11-19-27(31(28,29)21-23-14-7-4-8-15-23)24-16-9-10-17-25(24)30-20-22-12-5-3-6-13-22/h3-10,12-17H,11,18-21H2,1-2H3. The van der Waals surface area contributed by atoms with Crippen LogP contribution < -0.4 is 4.31 Å². The van der Waals surface area contributed by atoms with Crippen LogP contribution in [0.25, 0.3) is 0 Å². The Labute approximate surface area is 191 Å². The van der Waals surface area contributed by atoms with Gasteiger partial charge in [-0.1, -0.05) is 72.8 Å². The van der Waals surface area contributed by atoms with Crippen LogP contribution in [-0.2, 0) is 21.5 Å². The van der Waals surface area contributed by atoms with E-state index in [1.807, 2.05) is 86.9 Å². The highest BCUT2D eigenvalue weighted by molar-refractivity contribution is 7.98. The van der Waals surface area contributed by atoms with Crippen LogP contribution >= 0.6 is 11.8 Å². The summed E-state index contributed by atoms with van der Waals surface area (Å²) < 4.78 is 28.6. The van der Waals surface area contributed by atoms with E-state index in [1.165, 1.54) is 5.56 Å². The van der Waals surface area contributed by atoms with E-state index in [9.17, 15) is 8.42 Å². The molecular weight excluding hydrogens is 424 g/mol. The second-order valence-electron chi connectivity index (χ2n) is 7.71. The summed E-state index contributed by atoms with van der Waals surface area (Å²) in [6.45, 7) is 1.28. The van der Waals surface area contributed by atoms with Gasteiger partial charge in [0, 0.05) is 17.2 Å². The number of thioether (sulfide) groups is 1. The molecule has 0 heterocycles. The van der Waals surface area contributed by atoms with E-state index in [2.05, 4.69) is 17.0 Å². The minimum absolute atomic E-state index is 0.00646. The Bertz CT molecular complexity index is 1040. The summed E-state index contributed by atoms with van der Waals surface area (Å²) in [7, 11) is 0.482. The molecule has 0 aromatic heterocycles. The highest BCUT2D eigenvalue weighted by Crippen LogP contribution is 2.34. The van der Waals surface area contributed by atoms with Gasteiger partial charge in [-0.15, -0.1) is 11.8 Å². The molecule has 3 aromatic carbocycles. The van der Waals surface area contributed by atoms with E-state index < -0.39 is 10.0 Å². The zero-order chi connectivity index (χ0) is 22.1. The maximum Gasteiger partial charge on any atom is 0.239 e. The van der Waals surface area contributed by atoms with Gasteiger partial charge in [0.2, 0.25) is 10.0 Å². The number of hydrogen-bond donors (Lipinski definition) is 0. The minimum atomic E-state index is -3.53. The molecule has 0 saturated carbocycles. The minimum Gasteiger partial charge on any atom is -0.309 e. The predicted molar refractivity (Wildman–Crippen MR) is 132 cm³/mol. The van der Waals surface area contributed by atoms with E-state index in [4.69, 9.17) is 0 Å². The van der Waals surface area contributed by atoms with Crippen LogP contribution in [0.1, 0.15) is 17.5 Å². The highest BCUT2D eigenvalue weighted by atomic mass is 32.2. The zero-order valence-electron chi connectivity index (χ0n) is 18.1. The molecule has 0 saturated heterocycles. The topological polar surface area (TPSA) is 40.6 Å². The van der Waals surface area contributed by atoms with Crippen LogP contribution in [0.4, 0.5) is 5.69 Å². The van der Waals surface area contributed by atoms with Crippen molar-refractivity contribution in [3.63, 3.8) is 0 Å². The van der Waals surface area contributed by atoms with Gasteiger partial charge in [0.05, 0.1) is 11.4 Å². The molecule has 0 radical (unpaired) electrons. The third-order valence-corrected chi connectivity index (χ3v) is 7.75. The Kier molecular flexibility index (Phi) is 8.58. The second-order valence-corrected chi connectivity index (χ2v) is 10.6. The molecule has 0 aliphatic rings. The van der Waals surface area contributed by atoms with Gasteiger partial charge < -0.3 is 4.90 Å². The Hall–Kier alpha value is -2.28. The molecule has 0 bridgehead atoms. The Morgan fingerprint density at radius 3 is 1.97 bits per heavy atom. The van der Waals surface area contributed by atoms with Crippen molar-refractivity contribution < 1.29 is 8.42 Å². The van der Waals surface area contributed by atoms with Crippen molar-refractivity contribution in [2.75, 3.05) is 31.5 Å². The van der Waals surface area contributed by atoms with Crippen LogP contribution in [0.15, 0.2) is 89.8 Å². The predicted octanol–water partition coefficient (Wildman–Crippen LogP) is 5.27. The zero-order valence-corrected chi connectivity index (χ0v) is 19.8. The molecule has 0 amide bonds. The first kappa shape index (κ1) is 23.4. The van der Waals surface area contributed by atoms with Crippen LogP contribution in [0.2, 0.25) is 0 Å². The molecule has 3 rings (SSSR count). The fourth-order valence-corrected chi connectivity index (χ4v) is 6.03. The lowest BCUT2D eigenvalue weighted by molar-refractivity contribution is 0.403. The third kappa shape index (κ3) is 7.13. The molecule has 0 atom stereocenters. The van der Waals surface area contributed by atoms with E-state index >= 15 is 0 Å². The number of para-hydroxylation sites is 1. The van der Waals surface area contributed by atoms with Crippen LogP contribution in [0, 0.1) is 0 Å². The van der Waals surface area contributed by atoms with Gasteiger partial charge in [-0.3, -0.25) is 4.31 Å². The van der Waals surface area contributed by atoms with Crippen LogP contribution in [0.3, 0.4) is 0 Å². The molecule has 4 nitrogen and oxygen atoms in total. The van der Waals surface area contributed by atoms with Crippen molar-refractivity contribution in [2.45, 2.75) is 22.8 Å². The van der Waals surface area contributed by atoms with Crippen molar-refractivity contribution in [2.24, 2.45) is 0 Å². The summed E-state index contributed by atoms with van der Waals surface area (Å²) in [5.74, 6) is 0.787. The quantitative estimate of drug-likeness (QED) is 0.370. The number of sulfonamides is 1. The number of nitrogens with zero attached hydrogens (tertiary/aromatic N) is 2. The average molecular weight is 455 g/mol. The number of benzene rings is 3. The van der Waals surface area contributed by atoms with Crippen molar-refractivity contribution in [3.05, 3.63) is 96.1 Å². The summed E-state index contributed by atoms with van der Waals surface area (Å²) >= 11 is 1.67. The Balaban J connectivity index is 1.88. The largest absolute Gasteiger partial charge is 0.309 e. The lowest BCUT2D eigenvalue weighted by Crippen LogP contribution is -2.34. The normalized spacial score (nSPS) is 11.6. The molecule has 164 valence electrons. The smallest absolute Gasteiger partial charge is 0.239 e. The molecule has 0 aliphatic heterocycles. The van der Waals surface area contributed by atoms with Gasteiger partial charge in [0.25, 0.3) is 0 Å². The molecule has 31 heavy (non-hydrogen) atoms. The summed E-state index contributed by atoms with van der Waals surface area (Å²) in [4.78, 5) is 3.06. The van der Waals surface area contributed by atoms with E-state index in [1.54, 1.807) is 16.1 Å². The Morgan fingerprint density at radius 1 is 0.742 bits per heavy atom. The maximum atomic E-state index is 13.5. The Morgan fingerprint density at radius 2 is 1.32 bits per heavy atom. The number of rotatable bonds is 11. The molecule has 6 heteroatoms. The molecule has 0 unspecified atom stereocenters. The van der Waals surface area contributed by atoms with Crippen molar-refractivity contribution in [3.8, 4) is 0 Å². The lowest BCUT2D eigenvalue weighted by atomic mass is 10.2. The molecular formula is C25H30N2O2S2. The highest BCUT2D eigenvalue weighted by Gasteiger charge is 2.25. The first-order valence-electron chi connectivity index (χ1n) is 10.4. The molecule has 0 N–H and O–H groups in total. The van der Waals surface area contributed by atoms with Crippen molar-refractivity contribution >= 4 is 27.5 Å². The van der Waals surface area contributed by atoms with E-state index in [-0.39, 0.29) is 5.75 Å². The fourth-order valence-electron chi connectivity index (χ4n) is 3.32. The number of anilines is 1. The van der Waals surface area contributed by atoms with Gasteiger partial charge >= 0.3 is 0 Å². The number of hydrogen-bond acceptors (Lipinski definition) is 4. The molecule has 0 spiro atoms. The SMILES string of the molecule is CN(C)CCCN(c1ccccc1SCc1ccccc1)S(=O)(=O)Cc1ccccc1. The fraction of sp³-hybridized carbons (Fsp3) is 0.280. The van der Waals surface area contributed by atoms with Gasteiger partial charge in [-0.25, -0.2) is 8.42 Å². The van der Waals surface area contributed by atoms with E-state index in [0.717, 1.165) is 34.9 Å². The monoisotopic (exact) mass is 454 g/mol. The first-order chi connectivity index (χ1) is 15.0. The van der Waals surface area contributed by atoms with Crippen molar-refractivity contribution in [1.29, 1.82) is 0 Å². The summed E-state index contributed by atoms with van der Waals surface area (Å²) in [5.41, 5.74) is 2.78. The lowest BCUT2D eigenvalue weighted by Gasteiger charge is -2.27. The van der Waals surface area contributed by atoms with Gasteiger partial charge in [-0.05, 0) is 50.3 Å². The van der Waals surface area contributed by atoms with Crippen LogP contribution in [0.5, 0.6) is 0 Å². The van der Waals surface area contributed by atoms with Crippen LogP contribution in [-0.4, -0.2) is 40.5 Å². The first-order valence-corrected chi connectivity index (χ1v) is 13.0. The molecule has 0 fully saturated rings. The molecule has 0 aliphatic carbocycles. The maximum absolute atomic E-state index is 13.5. The summed E-state index contributed by atoms with van der Waals surface area (Å²) in [5, 5.41) is 0. The second kappa shape index (κ2) is 11.4. The average Bonchev–Trinajstić information content (AvgIpc) is 2.76. The molecule has 3 aromatic rings. The summed E-state index contributed by atoms with van der Waals surface area (Å²) in [6.07, 6.45) is 0.763. The van der Waals surface area contributed by atoms with Gasteiger partial charge in [0.15, 0.2) is 0 Å². The third-order valence-electron chi connectivity index (χ3n) is 4.87. The van der Waals surface area contributed by atoms with Gasteiger partial charge in [0.1, 0.15) is 0 Å². The van der Waals surface area contributed by atoms with E-state index in [0.29, 0.717) is 6.54 Å². The van der Waals surface area contributed by atoms with Crippen molar-refractivity contribution in [1.82, 2.24) is 4.90 Å². The van der Waals surface area contributed by atoms with Gasteiger partial charge in [-0.2, -0.15) is 0 Å².